The Labute approximate surface area is 142 Å². The lowest BCUT2D eigenvalue weighted by molar-refractivity contribution is 0.00704. The third-order valence-corrected chi connectivity index (χ3v) is 4.21. The third kappa shape index (κ3) is 5.41. The monoisotopic (exact) mass is 329 g/mol. The van der Waals surface area contributed by atoms with Gasteiger partial charge in [0.2, 0.25) is 0 Å². The van der Waals surface area contributed by atoms with Crippen LogP contribution in [0.5, 0.6) is 0 Å². The lowest BCUT2D eigenvalue weighted by Gasteiger charge is -2.25. The van der Waals surface area contributed by atoms with Crippen LogP contribution in [-0.2, 0) is 17.9 Å². The minimum absolute atomic E-state index is 0.213. The van der Waals surface area contributed by atoms with E-state index in [1.165, 1.54) is 6.07 Å². The molecule has 3 nitrogen and oxygen atoms in total. The van der Waals surface area contributed by atoms with Crippen LogP contribution in [0.2, 0.25) is 0 Å². The average Bonchev–Trinajstić information content (AvgIpc) is 3.40. The van der Waals surface area contributed by atoms with Gasteiger partial charge in [-0.05, 0) is 36.1 Å². The molecule has 0 unspecified atom stereocenters. The molecule has 2 aromatic carbocycles. The first-order valence-corrected chi connectivity index (χ1v) is 8.49. The summed E-state index contributed by atoms with van der Waals surface area (Å²) in [5.74, 6) is -0.213. The minimum Gasteiger partial charge on any atom is -0.389 e. The van der Waals surface area contributed by atoms with Crippen LogP contribution in [-0.4, -0.2) is 35.3 Å². The van der Waals surface area contributed by atoms with Crippen molar-refractivity contribution < 1.29 is 14.2 Å². The van der Waals surface area contributed by atoms with Gasteiger partial charge in [0.25, 0.3) is 0 Å². The van der Waals surface area contributed by atoms with Crippen LogP contribution < -0.4 is 0 Å². The smallest absolute Gasteiger partial charge is 0.123 e. The summed E-state index contributed by atoms with van der Waals surface area (Å²) in [4.78, 5) is 2.23. The molecule has 0 amide bonds. The predicted octanol–water partition coefficient (Wildman–Crippen LogP) is 3.37. The van der Waals surface area contributed by atoms with Crippen LogP contribution in [0.25, 0.3) is 0 Å². The molecule has 0 radical (unpaired) electrons. The maximum absolute atomic E-state index is 13.3. The summed E-state index contributed by atoms with van der Waals surface area (Å²) in [6.45, 7) is 2.03. The van der Waals surface area contributed by atoms with Crippen LogP contribution in [0.4, 0.5) is 4.39 Å². The number of rotatable bonds is 9. The third-order valence-electron chi connectivity index (χ3n) is 4.21. The first-order chi connectivity index (χ1) is 11.7. The Bertz CT molecular complexity index is 631. The van der Waals surface area contributed by atoms with Crippen LogP contribution in [0, 0.1) is 5.82 Å². The summed E-state index contributed by atoms with van der Waals surface area (Å²) in [6.07, 6.45) is 1.75. The van der Waals surface area contributed by atoms with Gasteiger partial charge >= 0.3 is 0 Å². The highest BCUT2D eigenvalue weighted by Gasteiger charge is 2.30. The Kier molecular flexibility index (Phi) is 5.96. The Balaban J connectivity index is 1.46. The van der Waals surface area contributed by atoms with E-state index in [2.05, 4.69) is 4.90 Å². The Morgan fingerprint density at radius 3 is 2.54 bits per heavy atom. The van der Waals surface area contributed by atoms with Crippen molar-refractivity contribution in [3.63, 3.8) is 0 Å². The summed E-state index contributed by atoms with van der Waals surface area (Å²) >= 11 is 0. The molecular formula is C20H24FNO2. The van der Waals surface area contributed by atoms with Gasteiger partial charge in [-0.15, -0.1) is 0 Å². The van der Waals surface area contributed by atoms with E-state index in [9.17, 15) is 9.50 Å². The lowest BCUT2D eigenvalue weighted by Crippen LogP contribution is -2.36. The van der Waals surface area contributed by atoms with Crippen LogP contribution in [0.15, 0.2) is 54.6 Å². The van der Waals surface area contributed by atoms with Gasteiger partial charge in [-0.1, -0.05) is 42.5 Å². The highest BCUT2D eigenvalue weighted by Crippen LogP contribution is 2.28. The Morgan fingerprint density at radius 1 is 1.08 bits per heavy atom. The standard InChI is InChI=1S/C20H24FNO2/c21-18-8-4-7-17(11-18)12-22(19-9-10-19)13-20(23)15-24-14-16-5-2-1-3-6-16/h1-8,11,19-20,23H,9-10,12-15H2/t20-/m1/s1. The first kappa shape index (κ1) is 17.1. The van der Waals surface area contributed by atoms with Crippen molar-refractivity contribution in [2.75, 3.05) is 13.2 Å². The largest absolute Gasteiger partial charge is 0.389 e. The molecule has 0 spiro atoms. The Hall–Kier alpha value is -1.75. The highest BCUT2D eigenvalue weighted by molar-refractivity contribution is 5.16. The minimum atomic E-state index is -0.539. The van der Waals surface area contributed by atoms with E-state index in [4.69, 9.17) is 4.74 Å². The molecule has 1 atom stereocenters. The Morgan fingerprint density at radius 2 is 1.83 bits per heavy atom. The van der Waals surface area contributed by atoms with E-state index < -0.39 is 6.10 Å². The van der Waals surface area contributed by atoms with E-state index in [-0.39, 0.29) is 5.82 Å². The lowest BCUT2D eigenvalue weighted by atomic mass is 10.2. The molecule has 0 aromatic heterocycles. The van der Waals surface area contributed by atoms with Gasteiger partial charge in [-0.25, -0.2) is 4.39 Å². The van der Waals surface area contributed by atoms with Crippen molar-refractivity contribution in [3.05, 3.63) is 71.5 Å². The molecule has 1 fully saturated rings. The summed E-state index contributed by atoms with van der Waals surface area (Å²) in [5, 5.41) is 10.3. The second-order valence-corrected chi connectivity index (χ2v) is 6.45. The topological polar surface area (TPSA) is 32.7 Å². The first-order valence-electron chi connectivity index (χ1n) is 8.49. The molecular weight excluding hydrogens is 305 g/mol. The molecule has 24 heavy (non-hydrogen) atoms. The molecule has 0 bridgehead atoms. The van der Waals surface area contributed by atoms with Crippen molar-refractivity contribution in [2.24, 2.45) is 0 Å². The molecule has 1 N–H and O–H groups in total. The molecule has 1 aliphatic carbocycles. The van der Waals surface area contributed by atoms with Gasteiger partial charge < -0.3 is 9.84 Å². The van der Waals surface area contributed by atoms with Gasteiger partial charge in [-0.2, -0.15) is 0 Å². The normalized spacial score (nSPS) is 15.6. The maximum Gasteiger partial charge on any atom is 0.123 e. The number of aliphatic hydroxyl groups is 1. The van der Waals surface area contributed by atoms with E-state index >= 15 is 0 Å². The highest BCUT2D eigenvalue weighted by atomic mass is 19.1. The predicted molar refractivity (Wildman–Crippen MR) is 91.9 cm³/mol. The zero-order valence-electron chi connectivity index (χ0n) is 13.8. The number of benzene rings is 2. The molecule has 0 aliphatic heterocycles. The van der Waals surface area contributed by atoms with Gasteiger partial charge in [0.1, 0.15) is 5.82 Å². The van der Waals surface area contributed by atoms with Gasteiger partial charge in [0.15, 0.2) is 0 Å². The van der Waals surface area contributed by atoms with Crippen LogP contribution in [0.1, 0.15) is 24.0 Å². The van der Waals surface area contributed by atoms with E-state index in [0.717, 1.165) is 24.0 Å². The number of hydrogen-bond acceptors (Lipinski definition) is 3. The van der Waals surface area contributed by atoms with E-state index in [0.29, 0.717) is 32.3 Å². The fraction of sp³-hybridized carbons (Fsp3) is 0.400. The van der Waals surface area contributed by atoms with Crippen LogP contribution in [0.3, 0.4) is 0 Å². The average molecular weight is 329 g/mol. The molecule has 2 aromatic rings. The van der Waals surface area contributed by atoms with Crippen molar-refractivity contribution in [1.82, 2.24) is 4.90 Å². The quantitative estimate of drug-likeness (QED) is 0.766. The van der Waals surface area contributed by atoms with Crippen LogP contribution >= 0.6 is 0 Å². The van der Waals surface area contributed by atoms with Gasteiger partial charge in [0, 0.05) is 19.1 Å². The fourth-order valence-corrected chi connectivity index (χ4v) is 2.86. The maximum atomic E-state index is 13.3. The number of nitrogens with zero attached hydrogens (tertiary/aromatic N) is 1. The molecule has 3 rings (SSSR count). The van der Waals surface area contributed by atoms with E-state index in [1.54, 1.807) is 12.1 Å². The second kappa shape index (κ2) is 8.38. The zero-order chi connectivity index (χ0) is 16.8. The molecule has 0 heterocycles. The molecule has 128 valence electrons. The molecule has 4 heteroatoms. The number of ether oxygens (including phenoxy) is 1. The van der Waals surface area contributed by atoms with Crippen molar-refractivity contribution in [3.8, 4) is 0 Å². The number of hydrogen-bond donors (Lipinski definition) is 1. The summed E-state index contributed by atoms with van der Waals surface area (Å²) < 4.78 is 19.0. The number of halogens is 1. The fourth-order valence-electron chi connectivity index (χ4n) is 2.86. The molecule has 1 aliphatic rings. The summed E-state index contributed by atoms with van der Waals surface area (Å²) in [5.41, 5.74) is 2.04. The summed E-state index contributed by atoms with van der Waals surface area (Å²) in [6, 6.07) is 17.1. The molecule has 1 saturated carbocycles. The summed E-state index contributed by atoms with van der Waals surface area (Å²) in [7, 11) is 0. The second-order valence-electron chi connectivity index (χ2n) is 6.45. The van der Waals surface area contributed by atoms with Crippen molar-refractivity contribution >= 4 is 0 Å². The van der Waals surface area contributed by atoms with Crippen molar-refractivity contribution in [2.45, 2.75) is 38.1 Å². The zero-order valence-corrected chi connectivity index (χ0v) is 13.8. The van der Waals surface area contributed by atoms with Gasteiger partial charge in [0.05, 0.1) is 19.3 Å². The number of aliphatic hydroxyl groups excluding tert-OH is 1. The van der Waals surface area contributed by atoms with E-state index in [1.807, 2.05) is 36.4 Å². The van der Waals surface area contributed by atoms with Gasteiger partial charge in [-0.3, -0.25) is 4.90 Å². The van der Waals surface area contributed by atoms with Crippen molar-refractivity contribution in [1.29, 1.82) is 0 Å². The SMILES string of the molecule is O[C@@H](COCc1ccccc1)CN(Cc1cccc(F)c1)C1CC1. The molecule has 0 saturated heterocycles.